The number of hydrogen-bond donors (Lipinski definition) is 3. The highest BCUT2D eigenvalue weighted by Gasteiger charge is 2.33. The van der Waals surface area contributed by atoms with Gasteiger partial charge in [-0.1, -0.05) is 0 Å². The van der Waals surface area contributed by atoms with E-state index in [1.807, 2.05) is 20.8 Å². The van der Waals surface area contributed by atoms with Gasteiger partial charge in [-0.2, -0.15) is 0 Å². The highest BCUT2D eigenvalue weighted by Crippen LogP contribution is 2.32. The Hall–Kier alpha value is -0.850. The fourth-order valence-electron chi connectivity index (χ4n) is 3.00. The maximum absolute atomic E-state index is 11.8. The molecule has 0 aromatic carbocycles. The van der Waals surface area contributed by atoms with E-state index >= 15 is 0 Å². The van der Waals surface area contributed by atoms with Gasteiger partial charge in [0.2, 0.25) is 0 Å². The topological polar surface area (TPSA) is 71.6 Å². The van der Waals surface area contributed by atoms with Crippen LogP contribution in [-0.2, 0) is 9.47 Å². The average Bonchev–Trinajstić information content (AvgIpc) is 3.27. The first-order valence-electron chi connectivity index (χ1n) is 8.87. The van der Waals surface area contributed by atoms with E-state index in [0.29, 0.717) is 30.6 Å². The second-order valence-corrected chi connectivity index (χ2v) is 7.86. The third kappa shape index (κ3) is 7.50. The molecule has 6 nitrogen and oxygen atoms in total. The fraction of sp³-hybridized carbons (Fsp3) is 0.941. The molecule has 2 fully saturated rings. The molecule has 2 aliphatic rings. The first-order valence-corrected chi connectivity index (χ1v) is 8.87. The summed E-state index contributed by atoms with van der Waals surface area (Å²) in [5.41, 5.74) is -0.452. The normalized spacial score (nSPS) is 24.8. The van der Waals surface area contributed by atoms with Crippen LogP contribution in [0, 0.1) is 5.92 Å². The maximum Gasteiger partial charge on any atom is 0.407 e. The van der Waals surface area contributed by atoms with Gasteiger partial charge in [0.25, 0.3) is 0 Å². The molecule has 1 saturated heterocycles. The quantitative estimate of drug-likeness (QED) is 0.663. The van der Waals surface area contributed by atoms with Crippen LogP contribution in [-0.4, -0.2) is 56.1 Å². The minimum absolute atomic E-state index is 0.321. The smallest absolute Gasteiger partial charge is 0.407 e. The first-order chi connectivity index (χ1) is 10.8. The first kappa shape index (κ1) is 18.5. The van der Waals surface area contributed by atoms with Crippen LogP contribution in [0.25, 0.3) is 0 Å². The van der Waals surface area contributed by atoms with Gasteiger partial charge in [-0.25, -0.2) is 4.79 Å². The minimum Gasteiger partial charge on any atom is -0.444 e. The Kier molecular flexibility index (Phi) is 6.68. The molecule has 3 unspecified atom stereocenters. The summed E-state index contributed by atoms with van der Waals surface area (Å²) in [5.74, 6) is 0.669. The number of ether oxygens (including phenoxy) is 2. The van der Waals surface area contributed by atoms with Gasteiger partial charge in [0.15, 0.2) is 0 Å². The lowest BCUT2D eigenvalue weighted by atomic mass is 10.1. The maximum atomic E-state index is 11.8. The number of amides is 1. The van der Waals surface area contributed by atoms with Gasteiger partial charge in [-0.15, -0.1) is 0 Å². The molecule has 134 valence electrons. The second-order valence-electron chi connectivity index (χ2n) is 7.86. The van der Waals surface area contributed by atoms with Crippen LogP contribution in [0.5, 0.6) is 0 Å². The van der Waals surface area contributed by atoms with E-state index in [-0.39, 0.29) is 6.09 Å². The van der Waals surface area contributed by atoms with E-state index < -0.39 is 5.60 Å². The van der Waals surface area contributed by atoms with E-state index in [9.17, 15) is 4.79 Å². The predicted octanol–water partition coefficient (Wildman–Crippen LogP) is 1.65. The monoisotopic (exact) mass is 327 g/mol. The SMILES string of the molecule is CC(CC1COCCN1)NC(CNC(=O)OC(C)(C)C)C1CC1. The molecule has 0 aromatic heterocycles. The largest absolute Gasteiger partial charge is 0.444 e. The summed E-state index contributed by atoms with van der Waals surface area (Å²) >= 11 is 0. The van der Waals surface area contributed by atoms with Crippen molar-refractivity contribution < 1.29 is 14.3 Å². The number of nitrogens with one attached hydrogen (secondary N) is 3. The van der Waals surface area contributed by atoms with Gasteiger partial charge in [0.1, 0.15) is 5.60 Å². The number of morpholine rings is 1. The molecule has 1 aliphatic heterocycles. The van der Waals surface area contributed by atoms with Crippen LogP contribution in [0.15, 0.2) is 0 Å². The lowest BCUT2D eigenvalue weighted by Gasteiger charge is -2.29. The molecule has 23 heavy (non-hydrogen) atoms. The molecule has 1 amide bonds. The average molecular weight is 327 g/mol. The zero-order valence-corrected chi connectivity index (χ0v) is 15.0. The van der Waals surface area contributed by atoms with E-state index in [4.69, 9.17) is 9.47 Å². The molecule has 0 spiro atoms. The Bertz CT molecular complexity index is 374. The van der Waals surface area contributed by atoms with Gasteiger partial charge in [-0.3, -0.25) is 0 Å². The van der Waals surface area contributed by atoms with Crippen molar-refractivity contribution >= 4 is 6.09 Å². The van der Waals surface area contributed by atoms with E-state index in [1.54, 1.807) is 0 Å². The van der Waals surface area contributed by atoms with Crippen molar-refractivity contribution in [3.63, 3.8) is 0 Å². The third-order valence-electron chi connectivity index (χ3n) is 4.19. The standard InChI is InChI=1S/C17H33N3O3/c1-12(9-14-11-22-8-7-18-14)20-15(13-5-6-13)10-19-16(21)23-17(2,3)4/h12-15,18,20H,5-11H2,1-4H3,(H,19,21). The van der Waals surface area contributed by atoms with Gasteiger partial charge < -0.3 is 25.4 Å². The Morgan fingerprint density at radius 1 is 1.39 bits per heavy atom. The molecule has 3 atom stereocenters. The number of rotatable bonds is 7. The summed E-state index contributed by atoms with van der Waals surface area (Å²) in [5, 5.41) is 10.1. The molecule has 2 rings (SSSR count). The predicted molar refractivity (Wildman–Crippen MR) is 90.6 cm³/mol. The van der Waals surface area contributed by atoms with Crippen molar-refractivity contribution in [2.75, 3.05) is 26.3 Å². The van der Waals surface area contributed by atoms with Gasteiger partial charge in [-0.05, 0) is 52.9 Å². The van der Waals surface area contributed by atoms with Crippen molar-refractivity contribution in [3.05, 3.63) is 0 Å². The summed E-state index contributed by atoms with van der Waals surface area (Å²) in [7, 11) is 0. The van der Waals surface area contributed by atoms with E-state index in [1.165, 1.54) is 12.8 Å². The molecular formula is C17H33N3O3. The Labute approximate surface area is 140 Å². The number of hydrogen-bond acceptors (Lipinski definition) is 5. The van der Waals surface area contributed by atoms with Crippen molar-refractivity contribution in [1.82, 2.24) is 16.0 Å². The van der Waals surface area contributed by atoms with Crippen molar-refractivity contribution in [2.45, 2.75) is 70.7 Å². The van der Waals surface area contributed by atoms with E-state index in [0.717, 1.165) is 26.2 Å². The Morgan fingerprint density at radius 2 is 2.13 bits per heavy atom. The molecule has 1 heterocycles. The summed E-state index contributed by atoms with van der Waals surface area (Å²) in [6.45, 7) is 11.0. The van der Waals surface area contributed by atoms with E-state index in [2.05, 4.69) is 22.9 Å². The Balaban J connectivity index is 1.71. The van der Waals surface area contributed by atoms with Gasteiger partial charge >= 0.3 is 6.09 Å². The highest BCUT2D eigenvalue weighted by molar-refractivity contribution is 5.67. The summed E-state index contributed by atoms with van der Waals surface area (Å²) in [6.07, 6.45) is 3.19. The molecule has 6 heteroatoms. The minimum atomic E-state index is -0.452. The summed E-state index contributed by atoms with van der Waals surface area (Å²) < 4.78 is 10.8. The van der Waals surface area contributed by atoms with Crippen LogP contribution in [0.3, 0.4) is 0 Å². The van der Waals surface area contributed by atoms with Gasteiger partial charge in [0.05, 0.1) is 13.2 Å². The summed E-state index contributed by atoms with van der Waals surface area (Å²) in [6, 6.07) is 1.13. The van der Waals surface area contributed by atoms with Crippen molar-refractivity contribution in [2.24, 2.45) is 5.92 Å². The molecule has 0 bridgehead atoms. The lowest BCUT2D eigenvalue weighted by Crippen LogP contribution is -2.50. The fourth-order valence-corrected chi connectivity index (χ4v) is 3.00. The lowest BCUT2D eigenvalue weighted by molar-refractivity contribution is 0.0518. The molecule has 0 aromatic rings. The van der Waals surface area contributed by atoms with Crippen molar-refractivity contribution in [1.29, 1.82) is 0 Å². The second kappa shape index (κ2) is 8.31. The molecule has 0 radical (unpaired) electrons. The third-order valence-corrected chi connectivity index (χ3v) is 4.19. The van der Waals surface area contributed by atoms with Crippen LogP contribution >= 0.6 is 0 Å². The number of carbonyl (C=O) groups is 1. The van der Waals surface area contributed by atoms with Gasteiger partial charge in [0, 0.05) is 31.2 Å². The zero-order chi connectivity index (χ0) is 16.9. The molecule has 3 N–H and O–H groups in total. The Morgan fingerprint density at radius 3 is 2.70 bits per heavy atom. The number of alkyl carbamates (subject to hydrolysis) is 1. The number of carbonyl (C=O) groups excluding carboxylic acids is 1. The molecule has 1 aliphatic carbocycles. The summed E-state index contributed by atoms with van der Waals surface area (Å²) in [4.78, 5) is 11.8. The molecule has 1 saturated carbocycles. The van der Waals surface area contributed by atoms with Crippen molar-refractivity contribution in [3.8, 4) is 0 Å². The molecular weight excluding hydrogens is 294 g/mol. The van der Waals surface area contributed by atoms with Crippen LogP contribution in [0.4, 0.5) is 4.79 Å². The van der Waals surface area contributed by atoms with Crippen LogP contribution in [0.1, 0.15) is 47.0 Å². The highest BCUT2D eigenvalue weighted by atomic mass is 16.6. The van der Waals surface area contributed by atoms with Crippen LogP contribution < -0.4 is 16.0 Å². The van der Waals surface area contributed by atoms with Crippen LogP contribution in [0.2, 0.25) is 0 Å². The zero-order valence-electron chi connectivity index (χ0n) is 15.0.